The highest BCUT2D eigenvalue weighted by atomic mass is 16.5. The molecule has 0 unspecified atom stereocenters. The van der Waals surface area contributed by atoms with Crippen LogP contribution in [0.4, 0.5) is 0 Å². The van der Waals surface area contributed by atoms with Gasteiger partial charge in [0.25, 0.3) is 0 Å². The Morgan fingerprint density at radius 1 is 1.25 bits per heavy atom. The largest absolute Gasteiger partial charge is 0.494 e. The Labute approximate surface area is 120 Å². The Bertz CT molecular complexity index is 555. The van der Waals surface area contributed by atoms with E-state index in [2.05, 4.69) is 40.3 Å². The van der Waals surface area contributed by atoms with Gasteiger partial charge in [-0.2, -0.15) is 0 Å². The number of aromatic nitrogens is 1. The van der Waals surface area contributed by atoms with Crippen LogP contribution >= 0.6 is 0 Å². The molecule has 1 aliphatic rings. The number of ether oxygens (including phenoxy) is 1. The Kier molecular flexibility index (Phi) is 4.26. The molecule has 0 aliphatic carbocycles. The number of hydrogen-bond donors (Lipinski definition) is 1. The molecular weight excluding hydrogens is 248 g/mol. The van der Waals surface area contributed by atoms with E-state index in [1.807, 2.05) is 6.92 Å². The summed E-state index contributed by atoms with van der Waals surface area (Å²) in [5.74, 6) is 1.85. The van der Waals surface area contributed by atoms with E-state index in [0.717, 1.165) is 24.8 Å². The zero-order chi connectivity index (χ0) is 13.8. The molecule has 2 aromatic rings. The van der Waals surface area contributed by atoms with E-state index >= 15 is 0 Å². The summed E-state index contributed by atoms with van der Waals surface area (Å²) in [6.07, 6.45) is 6.15. The molecule has 1 saturated heterocycles. The molecule has 20 heavy (non-hydrogen) atoms. The van der Waals surface area contributed by atoms with Crippen LogP contribution in [0.5, 0.6) is 5.75 Å². The van der Waals surface area contributed by atoms with Crippen molar-refractivity contribution in [2.24, 2.45) is 5.92 Å². The fraction of sp³-hybridized carbons (Fsp3) is 0.529. The van der Waals surface area contributed by atoms with Crippen molar-refractivity contribution < 1.29 is 4.74 Å². The number of nitrogens with zero attached hydrogens (tertiary/aromatic N) is 1. The van der Waals surface area contributed by atoms with Crippen LogP contribution in [0.25, 0.3) is 10.9 Å². The van der Waals surface area contributed by atoms with Crippen molar-refractivity contribution in [2.75, 3.05) is 19.7 Å². The van der Waals surface area contributed by atoms with Gasteiger partial charge in [-0.25, -0.2) is 0 Å². The molecule has 1 fully saturated rings. The molecule has 0 atom stereocenters. The minimum Gasteiger partial charge on any atom is -0.494 e. The number of hydrogen-bond acceptors (Lipinski definition) is 2. The first kappa shape index (κ1) is 13.5. The average Bonchev–Trinajstić information content (AvgIpc) is 2.89. The molecule has 1 N–H and O–H groups in total. The van der Waals surface area contributed by atoms with Gasteiger partial charge >= 0.3 is 0 Å². The van der Waals surface area contributed by atoms with Crippen LogP contribution in [0.2, 0.25) is 0 Å². The molecule has 0 bridgehead atoms. The second-order valence-corrected chi connectivity index (χ2v) is 5.64. The van der Waals surface area contributed by atoms with Crippen molar-refractivity contribution >= 4 is 10.9 Å². The predicted octanol–water partition coefficient (Wildman–Crippen LogP) is 3.43. The van der Waals surface area contributed by atoms with E-state index < -0.39 is 0 Å². The highest BCUT2D eigenvalue weighted by Gasteiger charge is 2.13. The van der Waals surface area contributed by atoms with E-state index in [4.69, 9.17) is 4.74 Å². The van der Waals surface area contributed by atoms with Gasteiger partial charge in [-0.05, 0) is 69.5 Å². The lowest BCUT2D eigenvalue weighted by molar-refractivity contribution is 0.339. The lowest BCUT2D eigenvalue weighted by Crippen LogP contribution is -2.28. The van der Waals surface area contributed by atoms with E-state index in [1.54, 1.807) is 0 Å². The van der Waals surface area contributed by atoms with Gasteiger partial charge in [-0.1, -0.05) is 0 Å². The normalized spacial score (nSPS) is 16.6. The molecule has 2 heterocycles. The van der Waals surface area contributed by atoms with Crippen molar-refractivity contribution in [3.8, 4) is 5.75 Å². The van der Waals surface area contributed by atoms with Crippen LogP contribution in [0.15, 0.2) is 30.5 Å². The molecule has 0 spiro atoms. The van der Waals surface area contributed by atoms with Gasteiger partial charge in [0, 0.05) is 23.6 Å². The van der Waals surface area contributed by atoms with Crippen LogP contribution in [-0.2, 0) is 6.54 Å². The molecule has 108 valence electrons. The molecule has 3 nitrogen and oxygen atoms in total. The van der Waals surface area contributed by atoms with E-state index in [1.165, 1.54) is 43.3 Å². The number of piperidine rings is 1. The van der Waals surface area contributed by atoms with E-state index in [-0.39, 0.29) is 0 Å². The number of aryl methyl sites for hydroxylation is 1. The van der Waals surface area contributed by atoms with E-state index in [0.29, 0.717) is 0 Å². The van der Waals surface area contributed by atoms with Crippen LogP contribution in [-0.4, -0.2) is 24.3 Å². The summed E-state index contributed by atoms with van der Waals surface area (Å²) >= 11 is 0. The summed E-state index contributed by atoms with van der Waals surface area (Å²) in [5, 5.41) is 4.71. The second kappa shape index (κ2) is 6.31. The SMILES string of the molecule is CCOc1ccc2c(ccn2CCC2CCNCC2)c1. The Balaban J connectivity index is 1.68. The summed E-state index contributed by atoms with van der Waals surface area (Å²) in [6, 6.07) is 8.59. The van der Waals surface area contributed by atoms with Gasteiger partial charge in [-0.3, -0.25) is 0 Å². The van der Waals surface area contributed by atoms with Gasteiger partial charge in [0.05, 0.1) is 6.61 Å². The zero-order valence-electron chi connectivity index (χ0n) is 12.3. The topological polar surface area (TPSA) is 26.2 Å². The predicted molar refractivity (Wildman–Crippen MR) is 83.3 cm³/mol. The van der Waals surface area contributed by atoms with Gasteiger partial charge < -0.3 is 14.6 Å². The summed E-state index contributed by atoms with van der Waals surface area (Å²) in [5.41, 5.74) is 1.32. The van der Waals surface area contributed by atoms with Gasteiger partial charge in [0.2, 0.25) is 0 Å². The molecule has 1 aromatic carbocycles. The van der Waals surface area contributed by atoms with Crippen LogP contribution in [0.1, 0.15) is 26.2 Å². The van der Waals surface area contributed by atoms with Crippen molar-refractivity contribution in [3.63, 3.8) is 0 Å². The van der Waals surface area contributed by atoms with Crippen molar-refractivity contribution in [1.29, 1.82) is 0 Å². The number of benzene rings is 1. The van der Waals surface area contributed by atoms with Gasteiger partial charge in [0.1, 0.15) is 5.75 Å². The summed E-state index contributed by atoms with van der Waals surface area (Å²) in [4.78, 5) is 0. The number of rotatable bonds is 5. The van der Waals surface area contributed by atoms with Gasteiger partial charge in [-0.15, -0.1) is 0 Å². The first-order valence-corrected chi connectivity index (χ1v) is 7.79. The van der Waals surface area contributed by atoms with Crippen LogP contribution in [0.3, 0.4) is 0 Å². The lowest BCUT2D eigenvalue weighted by atomic mass is 9.95. The maximum atomic E-state index is 5.56. The highest BCUT2D eigenvalue weighted by molar-refractivity contribution is 5.81. The first-order chi connectivity index (χ1) is 9.86. The minimum absolute atomic E-state index is 0.724. The molecule has 0 amide bonds. The maximum Gasteiger partial charge on any atom is 0.120 e. The molecular formula is C17H24N2O. The molecule has 3 heteroatoms. The van der Waals surface area contributed by atoms with Crippen molar-refractivity contribution in [3.05, 3.63) is 30.5 Å². The Hall–Kier alpha value is -1.48. The molecule has 0 radical (unpaired) electrons. The fourth-order valence-corrected chi connectivity index (χ4v) is 3.12. The number of fused-ring (bicyclic) bond motifs is 1. The smallest absolute Gasteiger partial charge is 0.120 e. The highest BCUT2D eigenvalue weighted by Crippen LogP contribution is 2.24. The third-order valence-electron chi connectivity index (χ3n) is 4.29. The van der Waals surface area contributed by atoms with Crippen LogP contribution < -0.4 is 10.1 Å². The van der Waals surface area contributed by atoms with E-state index in [9.17, 15) is 0 Å². The minimum atomic E-state index is 0.724. The van der Waals surface area contributed by atoms with Crippen molar-refractivity contribution in [2.45, 2.75) is 32.7 Å². The Morgan fingerprint density at radius 2 is 2.10 bits per heavy atom. The zero-order valence-corrected chi connectivity index (χ0v) is 12.3. The third-order valence-corrected chi connectivity index (χ3v) is 4.29. The average molecular weight is 272 g/mol. The summed E-state index contributed by atoms with van der Waals surface area (Å²) < 4.78 is 7.94. The molecule has 1 aromatic heterocycles. The van der Waals surface area contributed by atoms with Crippen LogP contribution in [0, 0.1) is 5.92 Å². The van der Waals surface area contributed by atoms with Gasteiger partial charge in [0.15, 0.2) is 0 Å². The summed E-state index contributed by atoms with van der Waals surface area (Å²) in [6.45, 7) is 6.25. The third kappa shape index (κ3) is 2.98. The standard InChI is InChI=1S/C17H24N2O/c1-2-20-16-3-4-17-15(13-16)8-12-19(17)11-7-14-5-9-18-10-6-14/h3-4,8,12-14,18H,2,5-7,9-11H2,1H3. The molecule has 0 saturated carbocycles. The lowest BCUT2D eigenvalue weighted by Gasteiger charge is -2.22. The monoisotopic (exact) mass is 272 g/mol. The molecule has 3 rings (SSSR count). The fourth-order valence-electron chi connectivity index (χ4n) is 3.12. The maximum absolute atomic E-state index is 5.56. The molecule has 1 aliphatic heterocycles. The van der Waals surface area contributed by atoms with Crippen molar-refractivity contribution in [1.82, 2.24) is 9.88 Å². The first-order valence-electron chi connectivity index (χ1n) is 7.79. The quantitative estimate of drug-likeness (QED) is 0.902. The second-order valence-electron chi connectivity index (χ2n) is 5.64. The number of nitrogens with one attached hydrogen (secondary N) is 1. The Morgan fingerprint density at radius 3 is 2.90 bits per heavy atom. The summed E-state index contributed by atoms with van der Waals surface area (Å²) in [7, 11) is 0.